The summed E-state index contributed by atoms with van der Waals surface area (Å²) in [7, 11) is 0. The van der Waals surface area contributed by atoms with Crippen molar-refractivity contribution in [3.63, 3.8) is 0 Å². The van der Waals surface area contributed by atoms with Gasteiger partial charge in [-0.15, -0.1) is 0 Å². The molecule has 9 heteroatoms. The van der Waals surface area contributed by atoms with Crippen LogP contribution in [0.3, 0.4) is 0 Å². The maximum absolute atomic E-state index is 13.0. The molecule has 0 saturated carbocycles. The predicted octanol–water partition coefficient (Wildman–Crippen LogP) is 4.59. The van der Waals surface area contributed by atoms with Crippen molar-refractivity contribution < 1.29 is 14.4 Å². The molecule has 0 unspecified atom stereocenters. The molecule has 1 fully saturated rings. The highest BCUT2D eigenvalue weighted by Crippen LogP contribution is 2.39. The Hall–Kier alpha value is -1.79. The molecule has 2 aromatic carbocycles. The Labute approximate surface area is 168 Å². The number of carbonyl (C=O) groups excluding carboxylic acids is 2. The largest absolute Gasteiger partial charge is 0.381 e. The summed E-state index contributed by atoms with van der Waals surface area (Å²) in [6, 6.07) is 9.29. The van der Waals surface area contributed by atoms with Gasteiger partial charge in [-0.2, -0.15) is 0 Å². The molecule has 4 rings (SSSR count). The number of hydrogen-bond acceptors (Lipinski definition) is 4. The van der Waals surface area contributed by atoms with Crippen LogP contribution in [0, 0.1) is 5.92 Å². The van der Waals surface area contributed by atoms with Crippen LogP contribution < -0.4 is 4.90 Å². The van der Waals surface area contributed by atoms with Crippen LogP contribution in [0.2, 0.25) is 20.1 Å². The van der Waals surface area contributed by atoms with Gasteiger partial charge in [0.15, 0.2) is 0 Å². The second-order valence-electron chi connectivity index (χ2n) is 5.71. The highest BCUT2D eigenvalue weighted by Gasteiger charge is 2.56. The lowest BCUT2D eigenvalue weighted by Crippen LogP contribution is -2.33. The number of nitrogens with zero attached hydrogens (tertiary/aromatic N) is 2. The van der Waals surface area contributed by atoms with Gasteiger partial charge in [0.25, 0.3) is 5.91 Å². The second-order valence-corrected chi connectivity index (χ2v) is 7.40. The lowest BCUT2D eigenvalue weighted by molar-refractivity contribution is -0.126. The first-order valence-electron chi connectivity index (χ1n) is 7.40. The van der Waals surface area contributed by atoms with Crippen LogP contribution in [-0.2, 0) is 14.4 Å². The van der Waals surface area contributed by atoms with E-state index < -0.39 is 23.8 Å². The number of fused-ring (bicyclic) bond motifs is 1. The molecule has 0 spiro atoms. The normalized spacial score (nSPS) is 21.7. The predicted molar refractivity (Wildman–Crippen MR) is 100 cm³/mol. The molecule has 2 amide bonds. The molecule has 0 N–H and O–H groups in total. The van der Waals surface area contributed by atoms with Gasteiger partial charge in [-0.05, 0) is 30.3 Å². The number of anilines is 1. The van der Waals surface area contributed by atoms with E-state index in [2.05, 4.69) is 5.16 Å². The molecule has 0 bridgehead atoms. The van der Waals surface area contributed by atoms with Gasteiger partial charge in [-0.25, -0.2) is 4.90 Å². The number of rotatable bonds is 2. The Morgan fingerprint density at radius 3 is 2.19 bits per heavy atom. The molecule has 0 radical (unpaired) electrons. The average Bonchev–Trinajstić information content (AvgIpc) is 3.10. The maximum atomic E-state index is 13.0. The molecule has 0 aliphatic carbocycles. The first-order valence-corrected chi connectivity index (χ1v) is 8.91. The van der Waals surface area contributed by atoms with Gasteiger partial charge in [0, 0.05) is 15.6 Å². The highest BCUT2D eigenvalue weighted by molar-refractivity contribution is 6.41. The molecule has 2 heterocycles. The average molecular weight is 430 g/mol. The van der Waals surface area contributed by atoms with Crippen LogP contribution in [0.5, 0.6) is 0 Å². The van der Waals surface area contributed by atoms with Crippen molar-refractivity contribution >= 4 is 69.6 Å². The molecule has 2 aliphatic rings. The Morgan fingerprint density at radius 1 is 0.885 bits per heavy atom. The van der Waals surface area contributed by atoms with E-state index in [1.165, 1.54) is 18.2 Å². The molecule has 0 aromatic heterocycles. The molecule has 2 aromatic rings. The van der Waals surface area contributed by atoms with E-state index in [9.17, 15) is 9.59 Å². The van der Waals surface area contributed by atoms with Crippen molar-refractivity contribution in [2.45, 2.75) is 6.10 Å². The van der Waals surface area contributed by atoms with Gasteiger partial charge < -0.3 is 4.84 Å². The van der Waals surface area contributed by atoms with Crippen LogP contribution >= 0.6 is 46.4 Å². The van der Waals surface area contributed by atoms with E-state index >= 15 is 0 Å². The zero-order valence-electron chi connectivity index (χ0n) is 12.7. The summed E-state index contributed by atoms with van der Waals surface area (Å²) in [5.41, 5.74) is 1.00. The number of oxime groups is 1. The van der Waals surface area contributed by atoms with Gasteiger partial charge in [0.1, 0.15) is 11.6 Å². The fourth-order valence-electron chi connectivity index (χ4n) is 3.00. The fraction of sp³-hybridized carbons (Fsp3) is 0.118. The van der Waals surface area contributed by atoms with Crippen molar-refractivity contribution in [1.29, 1.82) is 0 Å². The van der Waals surface area contributed by atoms with Gasteiger partial charge in [-0.1, -0.05) is 57.6 Å². The quantitative estimate of drug-likeness (QED) is 0.655. The maximum Gasteiger partial charge on any atom is 0.279 e. The van der Waals surface area contributed by atoms with E-state index in [-0.39, 0.29) is 16.4 Å². The number of benzene rings is 2. The van der Waals surface area contributed by atoms with E-state index in [4.69, 9.17) is 51.2 Å². The van der Waals surface area contributed by atoms with Crippen molar-refractivity contribution in [3.8, 4) is 0 Å². The van der Waals surface area contributed by atoms with E-state index in [0.29, 0.717) is 20.6 Å². The van der Waals surface area contributed by atoms with Crippen molar-refractivity contribution in [3.05, 3.63) is 62.1 Å². The standard InChI is InChI=1S/C17H8Cl4N2O3/c18-7-1-3-9(10(20)5-7)14-13-15(26-22-14)17(25)23(16(13)24)12-4-2-8(19)6-11(12)21/h1-6,13,15H/t13-,15+/m1/s1. The van der Waals surface area contributed by atoms with Crippen LogP contribution in [0.25, 0.3) is 0 Å². The minimum absolute atomic E-state index is 0.183. The van der Waals surface area contributed by atoms with Crippen LogP contribution in [0.1, 0.15) is 5.56 Å². The molecular weight excluding hydrogens is 422 g/mol. The summed E-state index contributed by atoms with van der Waals surface area (Å²) in [6.07, 6.45) is -1.06. The Morgan fingerprint density at radius 2 is 1.54 bits per heavy atom. The minimum Gasteiger partial charge on any atom is -0.381 e. The van der Waals surface area contributed by atoms with E-state index in [0.717, 1.165) is 4.90 Å². The summed E-state index contributed by atoms with van der Waals surface area (Å²) < 4.78 is 0. The van der Waals surface area contributed by atoms with Gasteiger partial charge >= 0.3 is 0 Å². The lowest BCUT2D eigenvalue weighted by Gasteiger charge is -2.17. The lowest BCUT2D eigenvalue weighted by atomic mass is 9.94. The molecule has 26 heavy (non-hydrogen) atoms. The van der Waals surface area contributed by atoms with Gasteiger partial charge in [0.05, 0.1) is 15.7 Å². The Balaban J connectivity index is 1.74. The van der Waals surface area contributed by atoms with Gasteiger partial charge in [-0.3, -0.25) is 9.59 Å². The molecule has 5 nitrogen and oxygen atoms in total. The fourth-order valence-corrected chi connectivity index (χ4v) is 4.00. The van der Waals surface area contributed by atoms with Crippen molar-refractivity contribution in [2.24, 2.45) is 11.1 Å². The topological polar surface area (TPSA) is 59.0 Å². The number of imide groups is 1. The van der Waals surface area contributed by atoms with Crippen LogP contribution in [0.15, 0.2) is 41.6 Å². The number of halogens is 4. The van der Waals surface area contributed by atoms with E-state index in [1.54, 1.807) is 18.2 Å². The Bertz CT molecular complexity index is 992. The molecule has 2 aliphatic heterocycles. The SMILES string of the molecule is O=C1[C@@H]2C(c3ccc(Cl)cc3Cl)=NO[C@@H]2C(=O)N1c1ccc(Cl)cc1Cl. The smallest absolute Gasteiger partial charge is 0.279 e. The molecule has 2 atom stereocenters. The third-order valence-electron chi connectivity index (χ3n) is 4.17. The first-order chi connectivity index (χ1) is 12.4. The first kappa shape index (κ1) is 17.6. The molecular formula is C17H8Cl4N2O3. The zero-order valence-corrected chi connectivity index (χ0v) is 15.8. The summed E-state index contributed by atoms with van der Waals surface area (Å²) in [6.45, 7) is 0. The van der Waals surface area contributed by atoms with Crippen LogP contribution in [0.4, 0.5) is 5.69 Å². The molecule has 132 valence electrons. The third-order valence-corrected chi connectivity index (χ3v) is 5.26. The summed E-state index contributed by atoms with van der Waals surface area (Å²) in [5.74, 6) is -1.95. The highest BCUT2D eigenvalue weighted by atomic mass is 35.5. The molecule has 1 saturated heterocycles. The number of hydrogen-bond donors (Lipinski definition) is 0. The van der Waals surface area contributed by atoms with Crippen molar-refractivity contribution in [1.82, 2.24) is 0 Å². The summed E-state index contributed by atoms with van der Waals surface area (Å²) in [4.78, 5) is 31.9. The summed E-state index contributed by atoms with van der Waals surface area (Å²) in [5, 5.41) is 5.24. The van der Waals surface area contributed by atoms with Gasteiger partial charge in [0.2, 0.25) is 12.0 Å². The zero-order chi connectivity index (χ0) is 18.6. The third kappa shape index (κ3) is 2.67. The van der Waals surface area contributed by atoms with Crippen LogP contribution in [-0.4, -0.2) is 23.6 Å². The van der Waals surface area contributed by atoms with E-state index in [1.807, 2.05) is 0 Å². The number of carbonyl (C=O) groups is 2. The number of amides is 2. The Kier molecular flexibility index (Phi) is 4.35. The summed E-state index contributed by atoms with van der Waals surface area (Å²) >= 11 is 24.2. The second kappa shape index (κ2) is 6.43. The van der Waals surface area contributed by atoms with Crippen molar-refractivity contribution in [2.75, 3.05) is 4.90 Å². The minimum atomic E-state index is -1.06. The monoisotopic (exact) mass is 428 g/mol.